The second-order valence-corrected chi connectivity index (χ2v) is 2.72. The fourth-order valence-electron chi connectivity index (χ4n) is 0.658. The van der Waals surface area contributed by atoms with Crippen molar-refractivity contribution in [2.45, 2.75) is 38.9 Å². The molecule has 0 aromatic rings. The zero-order chi connectivity index (χ0) is 8.69. The lowest BCUT2D eigenvalue weighted by Crippen LogP contribution is -2.19. The van der Waals surface area contributed by atoms with Crippen LogP contribution in [0.15, 0.2) is 0 Å². The summed E-state index contributed by atoms with van der Waals surface area (Å²) < 4.78 is 5.23. The highest BCUT2D eigenvalue weighted by Gasteiger charge is 2.04. The molecular weight excluding hydrogens is 144 g/mol. The minimum Gasteiger partial charge on any atom is -0.396 e. The normalized spacial score (nSPS) is 16.4. The molecule has 0 amide bonds. The van der Waals surface area contributed by atoms with Crippen molar-refractivity contribution in [3.8, 4) is 0 Å². The van der Waals surface area contributed by atoms with Crippen LogP contribution >= 0.6 is 0 Å². The summed E-state index contributed by atoms with van der Waals surface area (Å²) in [5.74, 6) is 0. The summed E-state index contributed by atoms with van der Waals surface area (Å²) in [5, 5.41) is 17.6. The minimum absolute atomic E-state index is 0.0428. The molecule has 11 heavy (non-hydrogen) atoms. The number of hydrogen-bond donors (Lipinski definition) is 2. The van der Waals surface area contributed by atoms with Crippen LogP contribution in [0.4, 0.5) is 0 Å². The lowest BCUT2D eigenvalue weighted by molar-refractivity contribution is -0.0112. The van der Waals surface area contributed by atoms with Crippen LogP contribution in [0.3, 0.4) is 0 Å². The second kappa shape index (κ2) is 6.58. The molecule has 0 aliphatic rings. The molecule has 0 aliphatic carbocycles. The van der Waals surface area contributed by atoms with Crippen molar-refractivity contribution in [3.05, 3.63) is 0 Å². The van der Waals surface area contributed by atoms with Gasteiger partial charge in [0.15, 0.2) is 0 Å². The van der Waals surface area contributed by atoms with Crippen LogP contribution in [0.2, 0.25) is 0 Å². The summed E-state index contributed by atoms with van der Waals surface area (Å²) in [6.07, 6.45) is 1.03. The molecule has 0 aliphatic heterocycles. The number of aliphatic hydroxyl groups excluding tert-OH is 2. The average molecular weight is 162 g/mol. The Labute approximate surface area is 68.0 Å². The standard InChI is InChI=1S/C8H18O3/c1-3-8(10)6-11-7(2)4-5-9/h7-10H,3-6H2,1-2H3. The highest BCUT2D eigenvalue weighted by Crippen LogP contribution is 1.99. The fourth-order valence-corrected chi connectivity index (χ4v) is 0.658. The summed E-state index contributed by atoms with van der Waals surface area (Å²) in [7, 11) is 0. The van der Waals surface area contributed by atoms with Gasteiger partial charge in [0.1, 0.15) is 0 Å². The monoisotopic (exact) mass is 162 g/mol. The second-order valence-electron chi connectivity index (χ2n) is 2.72. The fraction of sp³-hybridized carbons (Fsp3) is 1.00. The number of rotatable bonds is 6. The molecule has 2 unspecified atom stereocenters. The van der Waals surface area contributed by atoms with Gasteiger partial charge < -0.3 is 14.9 Å². The highest BCUT2D eigenvalue weighted by atomic mass is 16.5. The first-order valence-corrected chi connectivity index (χ1v) is 4.11. The molecule has 2 N–H and O–H groups in total. The summed E-state index contributed by atoms with van der Waals surface area (Å²) in [6.45, 7) is 4.31. The maximum atomic E-state index is 9.09. The van der Waals surface area contributed by atoms with Gasteiger partial charge in [-0.3, -0.25) is 0 Å². The largest absolute Gasteiger partial charge is 0.396 e. The third-order valence-electron chi connectivity index (χ3n) is 1.58. The van der Waals surface area contributed by atoms with Gasteiger partial charge in [-0.1, -0.05) is 6.92 Å². The third-order valence-corrected chi connectivity index (χ3v) is 1.58. The molecular formula is C8H18O3. The molecule has 0 radical (unpaired) electrons. The van der Waals surface area contributed by atoms with Gasteiger partial charge in [0, 0.05) is 6.61 Å². The van der Waals surface area contributed by atoms with Gasteiger partial charge in [-0.2, -0.15) is 0 Å². The number of ether oxygens (including phenoxy) is 1. The van der Waals surface area contributed by atoms with E-state index in [1.165, 1.54) is 0 Å². The molecule has 0 aromatic carbocycles. The first-order valence-electron chi connectivity index (χ1n) is 4.11. The van der Waals surface area contributed by atoms with Gasteiger partial charge in [0.05, 0.1) is 18.8 Å². The maximum absolute atomic E-state index is 9.09. The smallest absolute Gasteiger partial charge is 0.0771 e. The van der Waals surface area contributed by atoms with E-state index in [0.717, 1.165) is 0 Å². The first kappa shape index (κ1) is 10.9. The Morgan fingerprint density at radius 2 is 2.09 bits per heavy atom. The Balaban J connectivity index is 3.22. The van der Waals surface area contributed by atoms with Crippen molar-refractivity contribution in [2.24, 2.45) is 0 Å². The topological polar surface area (TPSA) is 49.7 Å². The van der Waals surface area contributed by atoms with E-state index in [1.807, 2.05) is 13.8 Å². The van der Waals surface area contributed by atoms with Gasteiger partial charge in [-0.05, 0) is 19.8 Å². The van der Waals surface area contributed by atoms with Crippen LogP contribution in [0.5, 0.6) is 0 Å². The molecule has 68 valence electrons. The van der Waals surface area contributed by atoms with Crippen molar-refractivity contribution in [2.75, 3.05) is 13.2 Å². The summed E-state index contributed by atoms with van der Waals surface area (Å²) in [5.41, 5.74) is 0. The van der Waals surface area contributed by atoms with E-state index in [1.54, 1.807) is 0 Å². The van der Waals surface area contributed by atoms with Crippen LogP contribution in [-0.2, 0) is 4.74 Å². The third kappa shape index (κ3) is 6.28. The van der Waals surface area contributed by atoms with Gasteiger partial charge in [-0.15, -0.1) is 0 Å². The molecule has 0 heterocycles. The van der Waals surface area contributed by atoms with Crippen molar-refractivity contribution in [1.29, 1.82) is 0 Å². The van der Waals surface area contributed by atoms with E-state index in [4.69, 9.17) is 14.9 Å². The molecule has 0 fully saturated rings. The molecule has 0 bridgehead atoms. The average Bonchev–Trinajstić information content (AvgIpc) is 2.01. The van der Waals surface area contributed by atoms with E-state index in [-0.39, 0.29) is 18.8 Å². The predicted octanol–water partition coefficient (Wildman–Crippen LogP) is 0.545. The molecule has 0 saturated carbocycles. The Bertz CT molecular complexity index is 85.4. The SMILES string of the molecule is CCC(O)COC(C)CCO. The van der Waals surface area contributed by atoms with Crippen LogP contribution in [0.25, 0.3) is 0 Å². The summed E-state index contributed by atoms with van der Waals surface area (Å²) in [4.78, 5) is 0. The van der Waals surface area contributed by atoms with Crippen molar-refractivity contribution in [3.63, 3.8) is 0 Å². The van der Waals surface area contributed by atoms with Crippen LogP contribution < -0.4 is 0 Å². The van der Waals surface area contributed by atoms with Crippen molar-refractivity contribution in [1.82, 2.24) is 0 Å². The summed E-state index contributed by atoms with van der Waals surface area (Å²) in [6, 6.07) is 0. The number of hydrogen-bond acceptors (Lipinski definition) is 3. The van der Waals surface area contributed by atoms with Crippen LogP contribution in [0.1, 0.15) is 26.7 Å². The minimum atomic E-state index is -0.365. The molecule has 0 spiro atoms. The Morgan fingerprint density at radius 3 is 2.55 bits per heavy atom. The zero-order valence-corrected chi connectivity index (χ0v) is 7.29. The Morgan fingerprint density at radius 1 is 1.45 bits per heavy atom. The van der Waals surface area contributed by atoms with E-state index in [2.05, 4.69) is 0 Å². The molecule has 0 saturated heterocycles. The van der Waals surface area contributed by atoms with Gasteiger partial charge in [-0.25, -0.2) is 0 Å². The van der Waals surface area contributed by atoms with E-state index < -0.39 is 0 Å². The van der Waals surface area contributed by atoms with E-state index in [9.17, 15) is 0 Å². The first-order chi connectivity index (χ1) is 5.20. The Kier molecular flexibility index (Phi) is 6.51. The predicted molar refractivity (Wildman–Crippen MR) is 43.4 cm³/mol. The Hall–Kier alpha value is -0.120. The van der Waals surface area contributed by atoms with E-state index >= 15 is 0 Å². The van der Waals surface area contributed by atoms with Gasteiger partial charge in [0.2, 0.25) is 0 Å². The van der Waals surface area contributed by atoms with Crippen LogP contribution in [-0.4, -0.2) is 35.6 Å². The van der Waals surface area contributed by atoms with Gasteiger partial charge >= 0.3 is 0 Å². The highest BCUT2D eigenvalue weighted by molar-refractivity contribution is 4.53. The summed E-state index contributed by atoms with van der Waals surface area (Å²) >= 11 is 0. The van der Waals surface area contributed by atoms with Crippen molar-refractivity contribution >= 4 is 0 Å². The molecule has 0 rings (SSSR count). The van der Waals surface area contributed by atoms with Crippen molar-refractivity contribution < 1.29 is 14.9 Å². The van der Waals surface area contributed by atoms with E-state index in [0.29, 0.717) is 19.4 Å². The van der Waals surface area contributed by atoms with Crippen LogP contribution in [0, 0.1) is 0 Å². The lowest BCUT2D eigenvalue weighted by Gasteiger charge is -2.13. The molecule has 2 atom stereocenters. The zero-order valence-electron chi connectivity index (χ0n) is 7.29. The number of aliphatic hydroxyl groups is 2. The lowest BCUT2D eigenvalue weighted by atomic mass is 10.3. The maximum Gasteiger partial charge on any atom is 0.0771 e. The molecule has 3 nitrogen and oxygen atoms in total. The quantitative estimate of drug-likeness (QED) is 0.599. The molecule has 0 aromatic heterocycles. The van der Waals surface area contributed by atoms with Gasteiger partial charge in [0.25, 0.3) is 0 Å². The molecule has 3 heteroatoms.